The second-order valence-corrected chi connectivity index (χ2v) is 6.43. The molecule has 0 fully saturated rings. The Morgan fingerprint density at radius 2 is 2.00 bits per heavy atom. The highest BCUT2D eigenvalue weighted by Gasteiger charge is 2.15. The maximum atomic E-state index is 11.2. The van der Waals surface area contributed by atoms with E-state index in [2.05, 4.69) is 55.9 Å². The van der Waals surface area contributed by atoms with Crippen molar-refractivity contribution in [2.75, 3.05) is 0 Å². The second kappa shape index (κ2) is 5.22. The molecule has 0 saturated carbocycles. The minimum absolute atomic E-state index is 0.0291. The summed E-state index contributed by atoms with van der Waals surface area (Å²) in [5.41, 5.74) is 4.65. The van der Waals surface area contributed by atoms with E-state index in [1.807, 2.05) is 24.3 Å². The van der Waals surface area contributed by atoms with Gasteiger partial charge in [-0.1, -0.05) is 55.6 Å². The third kappa shape index (κ3) is 2.47. The van der Waals surface area contributed by atoms with Gasteiger partial charge >= 0.3 is 5.76 Å². The Labute approximate surface area is 132 Å². The Kier molecular flexibility index (Phi) is 3.56. The number of rotatable bonds is 2. The third-order valence-corrected chi connectivity index (χ3v) is 4.91. The fourth-order valence-electron chi connectivity index (χ4n) is 2.16. The van der Waals surface area contributed by atoms with Crippen LogP contribution in [0.25, 0.3) is 11.1 Å². The summed E-state index contributed by atoms with van der Waals surface area (Å²) in [5, 5.41) is 0. The van der Waals surface area contributed by atoms with E-state index < -0.39 is 5.76 Å². The molecule has 1 unspecified atom stereocenters. The summed E-state index contributed by atoms with van der Waals surface area (Å²) in [6.45, 7) is 2.06. The minimum atomic E-state index is -0.431. The van der Waals surface area contributed by atoms with Gasteiger partial charge in [-0.05, 0) is 36.2 Å². The van der Waals surface area contributed by atoms with Gasteiger partial charge in [0.25, 0.3) is 0 Å². The van der Waals surface area contributed by atoms with Crippen LogP contribution in [0.3, 0.4) is 0 Å². The number of hydrogen-bond donors (Lipinski definition) is 1. The molecule has 20 heavy (non-hydrogen) atoms. The van der Waals surface area contributed by atoms with Crippen LogP contribution < -0.4 is 5.76 Å². The van der Waals surface area contributed by atoms with Gasteiger partial charge in [-0.15, -0.1) is 0 Å². The van der Waals surface area contributed by atoms with Gasteiger partial charge in [0.2, 0.25) is 0 Å². The molecular weight excluding hydrogens is 386 g/mol. The number of nitrogens with one attached hydrogen (secondary N) is 1. The SMILES string of the molecule is Cc1ccc(Br)c(C(Br)c2ccc3[nH]c(=O)oc3c2)c1. The second-order valence-electron chi connectivity index (χ2n) is 4.66. The maximum Gasteiger partial charge on any atom is 0.417 e. The number of H-pyrrole nitrogens is 1. The molecule has 0 amide bonds. The lowest BCUT2D eigenvalue weighted by atomic mass is 10.0. The van der Waals surface area contributed by atoms with E-state index in [-0.39, 0.29) is 4.83 Å². The average molecular weight is 397 g/mol. The van der Waals surface area contributed by atoms with Gasteiger partial charge in [-0.25, -0.2) is 4.79 Å². The van der Waals surface area contributed by atoms with Gasteiger partial charge in [-0.3, -0.25) is 4.98 Å². The molecule has 0 aliphatic carbocycles. The highest BCUT2D eigenvalue weighted by molar-refractivity contribution is 9.11. The quantitative estimate of drug-likeness (QED) is 0.639. The smallest absolute Gasteiger partial charge is 0.408 e. The molecule has 1 N–H and O–H groups in total. The van der Waals surface area contributed by atoms with Crippen molar-refractivity contribution in [3.8, 4) is 0 Å². The first kappa shape index (κ1) is 13.6. The lowest BCUT2D eigenvalue weighted by Crippen LogP contribution is -1.94. The maximum absolute atomic E-state index is 11.2. The first-order valence-electron chi connectivity index (χ1n) is 6.07. The van der Waals surface area contributed by atoms with Crippen molar-refractivity contribution >= 4 is 43.0 Å². The molecule has 3 nitrogen and oxygen atoms in total. The first-order chi connectivity index (χ1) is 9.54. The van der Waals surface area contributed by atoms with Gasteiger partial charge in [0.1, 0.15) is 0 Å². The molecule has 0 aliphatic rings. The van der Waals surface area contributed by atoms with Crippen LogP contribution in [0, 0.1) is 6.92 Å². The normalized spacial score (nSPS) is 12.8. The molecule has 3 rings (SSSR count). The van der Waals surface area contributed by atoms with E-state index >= 15 is 0 Å². The van der Waals surface area contributed by atoms with E-state index in [1.54, 1.807) is 0 Å². The molecule has 0 bridgehead atoms. The lowest BCUT2D eigenvalue weighted by molar-refractivity contribution is 0.555. The van der Waals surface area contributed by atoms with Crippen LogP contribution >= 0.6 is 31.9 Å². The van der Waals surface area contributed by atoms with Crippen LogP contribution in [0.5, 0.6) is 0 Å². The molecule has 1 heterocycles. The minimum Gasteiger partial charge on any atom is -0.408 e. The molecule has 0 aliphatic heterocycles. The number of fused-ring (bicyclic) bond motifs is 1. The number of aromatic nitrogens is 1. The van der Waals surface area contributed by atoms with E-state index in [1.165, 1.54) is 5.56 Å². The summed E-state index contributed by atoms with van der Waals surface area (Å²) in [7, 11) is 0. The van der Waals surface area contributed by atoms with Crippen LogP contribution in [0.4, 0.5) is 0 Å². The van der Waals surface area contributed by atoms with Crippen LogP contribution in [0.15, 0.2) is 50.1 Å². The van der Waals surface area contributed by atoms with Gasteiger partial charge in [-0.2, -0.15) is 0 Å². The van der Waals surface area contributed by atoms with Crippen molar-refractivity contribution in [3.05, 3.63) is 68.1 Å². The fraction of sp³-hybridized carbons (Fsp3) is 0.133. The summed E-state index contributed by atoms with van der Waals surface area (Å²) >= 11 is 7.28. The van der Waals surface area contributed by atoms with E-state index in [0.29, 0.717) is 11.1 Å². The van der Waals surface area contributed by atoms with Crippen LogP contribution in [0.1, 0.15) is 21.5 Å². The Morgan fingerprint density at radius 1 is 1.20 bits per heavy atom. The molecule has 0 saturated heterocycles. The molecule has 0 radical (unpaired) electrons. The topological polar surface area (TPSA) is 46.0 Å². The van der Waals surface area contributed by atoms with E-state index in [9.17, 15) is 4.79 Å². The van der Waals surface area contributed by atoms with Gasteiger partial charge in [0.15, 0.2) is 5.58 Å². The first-order valence-corrected chi connectivity index (χ1v) is 7.78. The Hall–Kier alpha value is -1.33. The highest BCUT2D eigenvalue weighted by atomic mass is 79.9. The number of aryl methyl sites for hydroxylation is 1. The third-order valence-electron chi connectivity index (χ3n) is 3.16. The highest BCUT2D eigenvalue weighted by Crippen LogP contribution is 2.36. The zero-order valence-corrected chi connectivity index (χ0v) is 13.8. The number of alkyl halides is 1. The monoisotopic (exact) mass is 395 g/mol. The zero-order valence-electron chi connectivity index (χ0n) is 10.6. The van der Waals surface area contributed by atoms with Crippen LogP contribution in [-0.2, 0) is 0 Å². The van der Waals surface area contributed by atoms with E-state index in [4.69, 9.17) is 4.42 Å². The molecule has 0 spiro atoms. The van der Waals surface area contributed by atoms with E-state index in [0.717, 1.165) is 15.6 Å². The van der Waals surface area contributed by atoms with Gasteiger partial charge in [0.05, 0.1) is 10.3 Å². The average Bonchev–Trinajstić information content (AvgIpc) is 2.79. The standard InChI is InChI=1S/C15H11Br2NO2/c1-8-2-4-11(16)10(6-8)14(17)9-3-5-12-13(7-9)20-15(19)18-12/h2-7,14H,1H3,(H,18,19). The van der Waals surface area contributed by atoms with Crippen molar-refractivity contribution in [1.82, 2.24) is 4.98 Å². The van der Waals surface area contributed by atoms with Crippen molar-refractivity contribution in [1.29, 1.82) is 0 Å². The summed E-state index contributed by atoms with van der Waals surface area (Å²) < 4.78 is 6.15. The Morgan fingerprint density at radius 3 is 2.80 bits per heavy atom. The fourth-order valence-corrected chi connectivity index (χ4v) is 3.60. The zero-order chi connectivity index (χ0) is 14.3. The summed E-state index contributed by atoms with van der Waals surface area (Å²) in [6, 6.07) is 11.9. The van der Waals surface area contributed by atoms with Crippen molar-refractivity contribution in [3.63, 3.8) is 0 Å². The molecule has 1 aromatic heterocycles. The van der Waals surface area contributed by atoms with Crippen LogP contribution in [-0.4, -0.2) is 4.98 Å². The van der Waals surface area contributed by atoms with Gasteiger partial charge < -0.3 is 4.42 Å². The molecule has 3 aromatic rings. The van der Waals surface area contributed by atoms with Crippen molar-refractivity contribution < 1.29 is 4.42 Å². The van der Waals surface area contributed by atoms with Crippen molar-refractivity contribution in [2.45, 2.75) is 11.8 Å². The number of halogens is 2. The largest absolute Gasteiger partial charge is 0.417 e. The molecular formula is C15H11Br2NO2. The Balaban J connectivity index is 2.09. The predicted molar refractivity (Wildman–Crippen MR) is 86.5 cm³/mol. The van der Waals surface area contributed by atoms with Crippen molar-refractivity contribution in [2.24, 2.45) is 0 Å². The molecule has 102 valence electrons. The number of oxazole rings is 1. The predicted octanol–water partition coefficient (Wildman–Crippen LogP) is 4.68. The Bertz CT molecular complexity index is 835. The number of hydrogen-bond acceptors (Lipinski definition) is 2. The summed E-state index contributed by atoms with van der Waals surface area (Å²) in [6.07, 6.45) is 0. The summed E-state index contributed by atoms with van der Waals surface area (Å²) in [5.74, 6) is -0.431. The number of aromatic amines is 1. The molecule has 1 atom stereocenters. The summed E-state index contributed by atoms with van der Waals surface area (Å²) in [4.78, 5) is 13.9. The van der Waals surface area contributed by atoms with Gasteiger partial charge in [0, 0.05) is 4.47 Å². The molecule has 5 heteroatoms. The number of benzene rings is 2. The molecule has 2 aromatic carbocycles. The van der Waals surface area contributed by atoms with Crippen LogP contribution in [0.2, 0.25) is 0 Å². The lowest BCUT2D eigenvalue weighted by Gasteiger charge is -2.13.